The van der Waals surface area contributed by atoms with Gasteiger partial charge in [-0.05, 0) is 37.1 Å². The fourth-order valence-electron chi connectivity index (χ4n) is 2.05. The van der Waals surface area contributed by atoms with E-state index < -0.39 is 5.82 Å². The first kappa shape index (κ1) is 15.0. The maximum atomic E-state index is 13.2. The lowest BCUT2D eigenvalue weighted by atomic mass is 10.1. The number of rotatable bonds is 5. The molecule has 0 spiro atoms. The number of nitrogens with one attached hydrogen (secondary N) is 1. The quantitative estimate of drug-likeness (QED) is 0.910. The standard InChI is InChI=1S/C17H18FNO2/c1-3-21-16-11-14(18)8-9-15(16)19-17(20)10-13-7-5-4-6-12(13)2/h4-9,11H,3,10H2,1-2H3,(H,19,20). The van der Waals surface area contributed by atoms with Crippen molar-refractivity contribution in [3.63, 3.8) is 0 Å². The van der Waals surface area contributed by atoms with Gasteiger partial charge < -0.3 is 10.1 Å². The van der Waals surface area contributed by atoms with E-state index in [0.29, 0.717) is 18.0 Å². The van der Waals surface area contributed by atoms with E-state index in [-0.39, 0.29) is 12.3 Å². The van der Waals surface area contributed by atoms with Gasteiger partial charge in [-0.1, -0.05) is 24.3 Å². The number of hydrogen-bond donors (Lipinski definition) is 1. The average Bonchev–Trinajstić information content (AvgIpc) is 2.45. The van der Waals surface area contributed by atoms with Crippen LogP contribution in [0.5, 0.6) is 5.75 Å². The highest BCUT2D eigenvalue weighted by atomic mass is 19.1. The average molecular weight is 287 g/mol. The summed E-state index contributed by atoms with van der Waals surface area (Å²) in [5.41, 5.74) is 2.52. The number of amides is 1. The minimum absolute atomic E-state index is 0.156. The van der Waals surface area contributed by atoms with Crippen LogP contribution in [0.15, 0.2) is 42.5 Å². The van der Waals surface area contributed by atoms with Gasteiger partial charge in [0.25, 0.3) is 0 Å². The van der Waals surface area contributed by atoms with Crippen molar-refractivity contribution in [2.45, 2.75) is 20.3 Å². The third-order valence-corrected chi connectivity index (χ3v) is 3.13. The molecule has 1 N–H and O–H groups in total. The maximum Gasteiger partial charge on any atom is 0.228 e. The van der Waals surface area contributed by atoms with Crippen LogP contribution in [0.1, 0.15) is 18.1 Å². The Kier molecular flexibility index (Phi) is 4.93. The van der Waals surface area contributed by atoms with Crippen molar-refractivity contribution >= 4 is 11.6 Å². The van der Waals surface area contributed by atoms with E-state index in [1.54, 1.807) is 0 Å². The van der Waals surface area contributed by atoms with E-state index in [9.17, 15) is 9.18 Å². The fraction of sp³-hybridized carbons (Fsp3) is 0.235. The molecule has 0 atom stereocenters. The van der Waals surface area contributed by atoms with E-state index in [4.69, 9.17) is 4.74 Å². The molecule has 0 aliphatic rings. The lowest BCUT2D eigenvalue weighted by Crippen LogP contribution is -2.16. The predicted octanol–water partition coefficient (Wildman–Crippen LogP) is 3.71. The second kappa shape index (κ2) is 6.88. The first-order chi connectivity index (χ1) is 10.1. The molecule has 21 heavy (non-hydrogen) atoms. The molecule has 0 aliphatic heterocycles. The second-order valence-electron chi connectivity index (χ2n) is 4.72. The Bertz CT molecular complexity index is 640. The molecule has 3 nitrogen and oxygen atoms in total. The van der Waals surface area contributed by atoms with Crippen LogP contribution in [0.4, 0.5) is 10.1 Å². The molecule has 0 heterocycles. The van der Waals surface area contributed by atoms with Gasteiger partial charge >= 0.3 is 0 Å². The molecular weight excluding hydrogens is 269 g/mol. The minimum atomic E-state index is -0.393. The fourth-order valence-corrected chi connectivity index (χ4v) is 2.05. The molecule has 0 fully saturated rings. The van der Waals surface area contributed by atoms with Gasteiger partial charge in [-0.25, -0.2) is 4.39 Å². The highest BCUT2D eigenvalue weighted by Crippen LogP contribution is 2.25. The summed E-state index contributed by atoms with van der Waals surface area (Å²) in [6.45, 7) is 4.18. The zero-order valence-corrected chi connectivity index (χ0v) is 12.2. The van der Waals surface area contributed by atoms with Gasteiger partial charge in [-0.3, -0.25) is 4.79 Å². The molecule has 1 amide bonds. The van der Waals surface area contributed by atoms with Crippen molar-refractivity contribution in [3.8, 4) is 5.75 Å². The predicted molar refractivity (Wildman–Crippen MR) is 81.1 cm³/mol. The summed E-state index contributed by atoms with van der Waals surface area (Å²) in [5, 5.41) is 2.77. The van der Waals surface area contributed by atoms with Crippen molar-refractivity contribution in [1.29, 1.82) is 0 Å². The Balaban J connectivity index is 2.11. The summed E-state index contributed by atoms with van der Waals surface area (Å²) in [6, 6.07) is 11.8. The van der Waals surface area contributed by atoms with Crippen molar-refractivity contribution in [1.82, 2.24) is 0 Å². The van der Waals surface area contributed by atoms with Gasteiger partial charge in [-0.2, -0.15) is 0 Å². The summed E-state index contributed by atoms with van der Waals surface area (Å²) in [4.78, 5) is 12.1. The first-order valence-corrected chi connectivity index (χ1v) is 6.87. The van der Waals surface area contributed by atoms with Crippen molar-refractivity contribution in [2.75, 3.05) is 11.9 Å². The zero-order chi connectivity index (χ0) is 15.2. The Hall–Kier alpha value is -2.36. The SMILES string of the molecule is CCOc1cc(F)ccc1NC(=O)Cc1ccccc1C. The van der Waals surface area contributed by atoms with Gasteiger partial charge in [0.1, 0.15) is 11.6 Å². The molecule has 2 aromatic rings. The Morgan fingerprint density at radius 1 is 1.24 bits per heavy atom. The van der Waals surface area contributed by atoms with Crippen LogP contribution >= 0.6 is 0 Å². The van der Waals surface area contributed by atoms with Gasteiger partial charge in [0.05, 0.1) is 18.7 Å². The summed E-state index contributed by atoms with van der Waals surface area (Å²) >= 11 is 0. The number of benzene rings is 2. The topological polar surface area (TPSA) is 38.3 Å². The number of carbonyl (C=O) groups is 1. The molecule has 0 saturated heterocycles. The lowest BCUT2D eigenvalue weighted by Gasteiger charge is -2.12. The summed E-state index contributed by atoms with van der Waals surface area (Å²) in [6.07, 6.45) is 0.273. The van der Waals surface area contributed by atoms with Crippen molar-refractivity contribution in [3.05, 3.63) is 59.4 Å². The van der Waals surface area contributed by atoms with E-state index >= 15 is 0 Å². The monoisotopic (exact) mass is 287 g/mol. The van der Waals surface area contributed by atoms with Crippen LogP contribution in [-0.4, -0.2) is 12.5 Å². The number of carbonyl (C=O) groups excluding carboxylic acids is 1. The molecule has 0 aromatic heterocycles. The molecule has 0 unspecified atom stereocenters. The summed E-state index contributed by atoms with van der Waals surface area (Å²) in [7, 11) is 0. The van der Waals surface area contributed by atoms with E-state index in [1.807, 2.05) is 38.1 Å². The molecular formula is C17H18FNO2. The first-order valence-electron chi connectivity index (χ1n) is 6.87. The molecule has 0 radical (unpaired) electrons. The Morgan fingerprint density at radius 2 is 2.00 bits per heavy atom. The minimum Gasteiger partial charge on any atom is -0.492 e. The normalized spacial score (nSPS) is 10.2. The lowest BCUT2D eigenvalue weighted by molar-refractivity contribution is -0.115. The highest BCUT2D eigenvalue weighted by Gasteiger charge is 2.10. The molecule has 0 bridgehead atoms. The number of hydrogen-bond acceptors (Lipinski definition) is 2. The summed E-state index contributed by atoms with van der Waals surface area (Å²) < 4.78 is 18.6. The molecule has 2 aromatic carbocycles. The van der Waals surface area contributed by atoms with Crippen LogP contribution < -0.4 is 10.1 Å². The van der Waals surface area contributed by atoms with E-state index in [1.165, 1.54) is 18.2 Å². The van der Waals surface area contributed by atoms with Crippen LogP contribution in [0.25, 0.3) is 0 Å². The van der Waals surface area contributed by atoms with E-state index in [0.717, 1.165) is 11.1 Å². The smallest absolute Gasteiger partial charge is 0.228 e. The van der Waals surface area contributed by atoms with Crippen LogP contribution in [0.2, 0.25) is 0 Å². The Morgan fingerprint density at radius 3 is 2.71 bits per heavy atom. The molecule has 110 valence electrons. The molecule has 0 aliphatic carbocycles. The van der Waals surface area contributed by atoms with Gasteiger partial charge in [0, 0.05) is 6.07 Å². The number of halogens is 1. The van der Waals surface area contributed by atoms with Crippen LogP contribution in [-0.2, 0) is 11.2 Å². The third-order valence-electron chi connectivity index (χ3n) is 3.13. The highest BCUT2D eigenvalue weighted by molar-refractivity contribution is 5.93. The number of anilines is 1. The zero-order valence-electron chi connectivity index (χ0n) is 12.2. The van der Waals surface area contributed by atoms with Gasteiger partial charge in [0.15, 0.2) is 0 Å². The largest absolute Gasteiger partial charge is 0.492 e. The maximum absolute atomic E-state index is 13.2. The molecule has 0 saturated carbocycles. The van der Waals surface area contributed by atoms with Crippen molar-refractivity contribution < 1.29 is 13.9 Å². The van der Waals surface area contributed by atoms with Gasteiger partial charge in [0.2, 0.25) is 5.91 Å². The summed E-state index contributed by atoms with van der Waals surface area (Å²) in [5.74, 6) is -0.206. The number of ether oxygens (including phenoxy) is 1. The Labute approximate surface area is 123 Å². The molecule has 4 heteroatoms. The third kappa shape index (κ3) is 4.05. The number of aryl methyl sites for hydroxylation is 1. The van der Waals surface area contributed by atoms with Crippen LogP contribution in [0, 0.1) is 12.7 Å². The molecule has 2 rings (SSSR count). The van der Waals surface area contributed by atoms with E-state index in [2.05, 4.69) is 5.32 Å². The van der Waals surface area contributed by atoms with Gasteiger partial charge in [-0.15, -0.1) is 0 Å². The second-order valence-corrected chi connectivity index (χ2v) is 4.72. The van der Waals surface area contributed by atoms with Crippen molar-refractivity contribution in [2.24, 2.45) is 0 Å². The van der Waals surface area contributed by atoms with Crippen LogP contribution in [0.3, 0.4) is 0 Å².